The second-order valence-corrected chi connectivity index (χ2v) is 5.79. The van der Waals surface area contributed by atoms with Gasteiger partial charge < -0.3 is 9.47 Å². The molecule has 1 aromatic carbocycles. The first kappa shape index (κ1) is 14.1. The summed E-state index contributed by atoms with van der Waals surface area (Å²) < 4.78 is 10.7. The van der Waals surface area contributed by atoms with Crippen molar-refractivity contribution in [3.8, 4) is 11.5 Å². The number of ether oxygens (including phenoxy) is 2. The van der Waals surface area contributed by atoms with Crippen LogP contribution >= 0.6 is 0 Å². The highest BCUT2D eigenvalue weighted by atomic mass is 16.5. The number of likely N-dealkylation sites (tertiary alicyclic amines) is 1. The molecule has 0 saturated carbocycles. The van der Waals surface area contributed by atoms with Crippen LogP contribution in [0.25, 0.3) is 0 Å². The Morgan fingerprint density at radius 2 is 1.95 bits per heavy atom. The number of fused-ring (bicyclic) bond motifs is 1. The van der Waals surface area contributed by atoms with Crippen LogP contribution < -0.4 is 9.47 Å². The van der Waals surface area contributed by atoms with E-state index < -0.39 is 0 Å². The highest BCUT2D eigenvalue weighted by Crippen LogP contribution is 2.43. The maximum atomic E-state index is 11.6. The standard InChI is InChI=1S/C17H21NO3/c1-18-14(8-11-4-6-13(19)10-15(11)18)12-5-7-16(20-2)17(9-12)21-3/h4-7,9,11,14-15H,8,10H2,1-3H3. The molecule has 0 bridgehead atoms. The number of ketones is 1. The minimum Gasteiger partial charge on any atom is -0.493 e. The lowest BCUT2D eigenvalue weighted by Crippen LogP contribution is -2.33. The summed E-state index contributed by atoms with van der Waals surface area (Å²) in [6, 6.07) is 6.72. The molecular formula is C17H21NO3. The van der Waals surface area contributed by atoms with Gasteiger partial charge in [-0.05, 0) is 43.2 Å². The molecule has 21 heavy (non-hydrogen) atoms. The third kappa shape index (κ3) is 2.44. The Hall–Kier alpha value is -1.81. The van der Waals surface area contributed by atoms with E-state index in [9.17, 15) is 4.79 Å². The van der Waals surface area contributed by atoms with Gasteiger partial charge in [-0.25, -0.2) is 0 Å². The largest absolute Gasteiger partial charge is 0.493 e. The first-order chi connectivity index (χ1) is 10.1. The summed E-state index contributed by atoms with van der Waals surface area (Å²) in [5, 5.41) is 0. The molecule has 0 amide bonds. The molecule has 1 saturated heterocycles. The fourth-order valence-electron chi connectivity index (χ4n) is 3.55. The Morgan fingerprint density at radius 3 is 2.67 bits per heavy atom. The number of methoxy groups -OCH3 is 2. The first-order valence-corrected chi connectivity index (χ1v) is 7.29. The third-order valence-electron chi connectivity index (χ3n) is 4.74. The number of hydrogen-bond donors (Lipinski definition) is 0. The highest BCUT2D eigenvalue weighted by Gasteiger charge is 2.40. The van der Waals surface area contributed by atoms with Crippen LogP contribution in [0.1, 0.15) is 24.4 Å². The van der Waals surface area contributed by atoms with Crippen LogP contribution in [0.3, 0.4) is 0 Å². The number of carbonyl (C=O) groups excluding carboxylic acids is 1. The summed E-state index contributed by atoms with van der Waals surface area (Å²) >= 11 is 0. The summed E-state index contributed by atoms with van der Waals surface area (Å²) in [6.07, 6.45) is 5.49. The first-order valence-electron chi connectivity index (χ1n) is 7.29. The molecule has 3 unspecified atom stereocenters. The Labute approximate surface area is 125 Å². The Bertz CT molecular complexity index is 581. The fourth-order valence-corrected chi connectivity index (χ4v) is 3.55. The van der Waals surface area contributed by atoms with Gasteiger partial charge in [-0.3, -0.25) is 9.69 Å². The van der Waals surface area contributed by atoms with E-state index in [0.717, 1.165) is 17.9 Å². The fraction of sp³-hybridized carbons (Fsp3) is 0.471. The van der Waals surface area contributed by atoms with Crippen LogP contribution in [0.2, 0.25) is 0 Å². The van der Waals surface area contributed by atoms with Gasteiger partial charge in [0.2, 0.25) is 0 Å². The second kappa shape index (κ2) is 5.53. The van der Waals surface area contributed by atoms with E-state index >= 15 is 0 Å². The molecule has 1 aliphatic heterocycles. The molecule has 1 aromatic rings. The van der Waals surface area contributed by atoms with Crippen molar-refractivity contribution in [2.24, 2.45) is 5.92 Å². The number of carbonyl (C=O) groups is 1. The second-order valence-electron chi connectivity index (χ2n) is 5.79. The highest BCUT2D eigenvalue weighted by molar-refractivity contribution is 5.91. The molecule has 0 spiro atoms. The van der Waals surface area contributed by atoms with Gasteiger partial charge in [0.1, 0.15) is 0 Å². The number of benzene rings is 1. The molecule has 4 heteroatoms. The molecule has 0 aromatic heterocycles. The summed E-state index contributed by atoms with van der Waals surface area (Å²) in [4.78, 5) is 14.0. The summed E-state index contributed by atoms with van der Waals surface area (Å²) in [6.45, 7) is 0. The summed E-state index contributed by atoms with van der Waals surface area (Å²) in [5.41, 5.74) is 1.21. The van der Waals surface area contributed by atoms with Crippen molar-refractivity contribution in [3.05, 3.63) is 35.9 Å². The van der Waals surface area contributed by atoms with E-state index in [1.807, 2.05) is 12.1 Å². The number of hydrogen-bond acceptors (Lipinski definition) is 4. The van der Waals surface area contributed by atoms with Crippen molar-refractivity contribution < 1.29 is 14.3 Å². The summed E-state index contributed by atoms with van der Waals surface area (Å²) in [7, 11) is 5.41. The van der Waals surface area contributed by atoms with Crippen molar-refractivity contribution in [3.63, 3.8) is 0 Å². The van der Waals surface area contributed by atoms with E-state index in [4.69, 9.17) is 9.47 Å². The van der Waals surface area contributed by atoms with Crippen LogP contribution in [0.4, 0.5) is 0 Å². The van der Waals surface area contributed by atoms with Gasteiger partial charge in [0.15, 0.2) is 17.3 Å². The van der Waals surface area contributed by atoms with Gasteiger partial charge in [-0.15, -0.1) is 0 Å². The third-order valence-corrected chi connectivity index (χ3v) is 4.74. The Balaban J connectivity index is 1.88. The molecule has 3 atom stereocenters. The smallest absolute Gasteiger partial charge is 0.161 e. The lowest BCUT2D eigenvalue weighted by atomic mass is 9.89. The topological polar surface area (TPSA) is 38.8 Å². The van der Waals surface area contributed by atoms with Crippen molar-refractivity contribution >= 4 is 5.78 Å². The maximum Gasteiger partial charge on any atom is 0.161 e. The van der Waals surface area contributed by atoms with Crippen molar-refractivity contribution in [2.45, 2.75) is 24.9 Å². The lowest BCUT2D eigenvalue weighted by Gasteiger charge is -2.28. The molecular weight excluding hydrogens is 266 g/mol. The zero-order chi connectivity index (χ0) is 15.0. The van der Waals surface area contributed by atoms with Gasteiger partial charge in [-0.1, -0.05) is 12.1 Å². The molecule has 1 heterocycles. The van der Waals surface area contributed by atoms with E-state index in [2.05, 4.69) is 24.1 Å². The minimum atomic E-state index is 0.232. The molecule has 3 rings (SSSR count). The van der Waals surface area contributed by atoms with Crippen LogP contribution in [-0.2, 0) is 4.79 Å². The Kier molecular flexibility index (Phi) is 3.72. The molecule has 0 N–H and O–H groups in total. The van der Waals surface area contributed by atoms with Crippen LogP contribution in [0.5, 0.6) is 11.5 Å². The molecule has 1 aliphatic carbocycles. The lowest BCUT2D eigenvalue weighted by molar-refractivity contribution is -0.116. The van der Waals surface area contributed by atoms with Crippen LogP contribution in [0, 0.1) is 5.92 Å². The van der Waals surface area contributed by atoms with Gasteiger partial charge >= 0.3 is 0 Å². The molecule has 0 radical (unpaired) electrons. The molecule has 2 aliphatic rings. The zero-order valence-corrected chi connectivity index (χ0v) is 12.7. The zero-order valence-electron chi connectivity index (χ0n) is 12.7. The van der Waals surface area contributed by atoms with E-state index in [0.29, 0.717) is 24.4 Å². The minimum absolute atomic E-state index is 0.232. The predicted molar refractivity (Wildman–Crippen MR) is 80.7 cm³/mol. The molecule has 1 fully saturated rings. The van der Waals surface area contributed by atoms with Crippen molar-refractivity contribution in [1.29, 1.82) is 0 Å². The van der Waals surface area contributed by atoms with Gasteiger partial charge in [0.05, 0.1) is 14.2 Å². The van der Waals surface area contributed by atoms with E-state index in [-0.39, 0.29) is 5.78 Å². The van der Waals surface area contributed by atoms with Gasteiger partial charge in [0, 0.05) is 18.5 Å². The van der Waals surface area contributed by atoms with E-state index in [1.54, 1.807) is 20.3 Å². The van der Waals surface area contributed by atoms with Gasteiger partial charge in [0.25, 0.3) is 0 Å². The van der Waals surface area contributed by atoms with E-state index in [1.165, 1.54) is 5.56 Å². The predicted octanol–water partition coefficient (Wildman–Crippen LogP) is 2.59. The average Bonchev–Trinajstić information content (AvgIpc) is 2.83. The quantitative estimate of drug-likeness (QED) is 0.856. The van der Waals surface area contributed by atoms with Crippen LogP contribution in [0.15, 0.2) is 30.4 Å². The normalized spacial score (nSPS) is 28.5. The number of rotatable bonds is 3. The van der Waals surface area contributed by atoms with Crippen LogP contribution in [-0.4, -0.2) is 38.0 Å². The molecule has 112 valence electrons. The molecule has 4 nitrogen and oxygen atoms in total. The van der Waals surface area contributed by atoms with Crippen molar-refractivity contribution in [1.82, 2.24) is 4.90 Å². The maximum absolute atomic E-state index is 11.6. The number of allylic oxidation sites excluding steroid dienone is 1. The monoisotopic (exact) mass is 287 g/mol. The van der Waals surface area contributed by atoms with Gasteiger partial charge in [-0.2, -0.15) is 0 Å². The Morgan fingerprint density at radius 1 is 1.19 bits per heavy atom. The summed E-state index contributed by atoms with van der Waals surface area (Å²) in [5.74, 6) is 2.20. The number of nitrogens with zero attached hydrogens (tertiary/aromatic N) is 1. The SMILES string of the molecule is COc1ccc(C2CC3C=CC(=O)CC3N2C)cc1OC. The van der Waals surface area contributed by atoms with Crippen molar-refractivity contribution in [2.75, 3.05) is 21.3 Å². The average molecular weight is 287 g/mol.